The van der Waals surface area contributed by atoms with Crippen molar-refractivity contribution in [3.63, 3.8) is 0 Å². The van der Waals surface area contributed by atoms with Crippen molar-refractivity contribution < 1.29 is 22.7 Å². The highest BCUT2D eigenvalue weighted by Gasteiger charge is 2.29. The highest BCUT2D eigenvalue weighted by Crippen LogP contribution is 2.15. The van der Waals surface area contributed by atoms with E-state index in [2.05, 4.69) is 20.1 Å². The van der Waals surface area contributed by atoms with E-state index in [0.29, 0.717) is 11.4 Å². The molecule has 0 radical (unpaired) electrons. The van der Waals surface area contributed by atoms with E-state index < -0.39 is 24.8 Å². The Labute approximate surface area is 130 Å². The van der Waals surface area contributed by atoms with Crippen LogP contribution in [0.15, 0.2) is 36.8 Å². The Morgan fingerprint density at radius 3 is 2.83 bits per heavy atom. The first-order valence-corrected chi connectivity index (χ1v) is 6.77. The SMILES string of the molecule is C[C@H](OCC(F)(F)F)C(=O)NCc1cccnc1-n1cccn1. The fraction of sp³-hybridized carbons (Fsp3) is 0.357. The molecular formula is C14H15F3N4O2. The van der Waals surface area contributed by atoms with Crippen LogP contribution in [0.4, 0.5) is 13.2 Å². The lowest BCUT2D eigenvalue weighted by Gasteiger charge is -2.15. The average Bonchev–Trinajstić information content (AvgIpc) is 3.04. The van der Waals surface area contributed by atoms with Gasteiger partial charge in [-0.2, -0.15) is 18.3 Å². The highest BCUT2D eigenvalue weighted by molar-refractivity contribution is 5.80. The van der Waals surface area contributed by atoms with E-state index in [-0.39, 0.29) is 6.54 Å². The first kappa shape index (κ1) is 16.9. The Hall–Kier alpha value is -2.42. The number of nitrogens with one attached hydrogen (secondary N) is 1. The maximum Gasteiger partial charge on any atom is 0.411 e. The summed E-state index contributed by atoms with van der Waals surface area (Å²) < 4.78 is 42.2. The minimum Gasteiger partial charge on any atom is -0.359 e. The minimum atomic E-state index is -4.47. The number of alkyl halides is 3. The van der Waals surface area contributed by atoms with Gasteiger partial charge in [0.1, 0.15) is 12.7 Å². The van der Waals surface area contributed by atoms with Gasteiger partial charge >= 0.3 is 6.18 Å². The quantitative estimate of drug-likeness (QED) is 0.879. The summed E-state index contributed by atoms with van der Waals surface area (Å²) in [5.74, 6) is -0.105. The van der Waals surface area contributed by atoms with Crippen LogP contribution in [0.1, 0.15) is 12.5 Å². The second-order valence-electron chi connectivity index (χ2n) is 4.72. The third-order valence-corrected chi connectivity index (χ3v) is 2.91. The highest BCUT2D eigenvalue weighted by atomic mass is 19.4. The summed E-state index contributed by atoms with van der Waals surface area (Å²) in [6.07, 6.45) is -0.809. The number of carbonyl (C=O) groups is 1. The van der Waals surface area contributed by atoms with Gasteiger partial charge in [0.15, 0.2) is 5.82 Å². The van der Waals surface area contributed by atoms with E-state index in [0.717, 1.165) is 0 Å². The molecule has 6 nitrogen and oxygen atoms in total. The molecule has 0 saturated carbocycles. The lowest BCUT2D eigenvalue weighted by atomic mass is 10.2. The van der Waals surface area contributed by atoms with E-state index in [1.54, 1.807) is 36.8 Å². The van der Waals surface area contributed by atoms with E-state index in [9.17, 15) is 18.0 Å². The summed E-state index contributed by atoms with van der Waals surface area (Å²) in [7, 11) is 0. The van der Waals surface area contributed by atoms with E-state index >= 15 is 0 Å². The number of hydrogen-bond acceptors (Lipinski definition) is 4. The van der Waals surface area contributed by atoms with Gasteiger partial charge in [-0.05, 0) is 19.1 Å². The Bertz CT molecular complexity index is 644. The van der Waals surface area contributed by atoms with Gasteiger partial charge in [0.05, 0.1) is 0 Å². The molecule has 2 heterocycles. The zero-order valence-corrected chi connectivity index (χ0v) is 12.2. The standard InChI is InChI=1S/C14H15F3N4O2/c1-10(23-9-14(15,16)17)13(22)19-8-11-4-2-5-18-12(11)21-7-3-6-20-21/h2-7,10H,8-9H2,1H3,(H,19,22)/t10-/m0/s1. The van der Waals surface area contributed by atoms with Crippen LogP contribution in [0.25, 0.3) is 5.82 Å². The average molecular weight is 328 g/mol. The van der Waals surface area contributed by atoms with Crippen molar-refractivity contribution in [2.24, 2.45) is 0 Å². The minimum absolute atomic E-state index is 0.0988. The molecule has 2 rings (SSSR count). The molecule has 124 valence electrons. The molecule has 0 aliphatic carbocycles. The summed E-state index contributed by atoms with van der Waals surface area (Å²) in [5, 5.41) is 6.58. The second-order valence-corrected chi connectivity index (χ2v) is 4.72. The van der Waals surface area contributed by atoms with Crippen molar-refractivity contribution in [1.82, 2.24) is 20.1 Å². The molecule has 0 unspecified atom stereocenters. The Morgan fingerprint density at radius 1 is 1.39 bits per heavy atom. The van der Waals surface area contributed by atoms with Gasteiger partial charge in [0.2, 0.25) is 5.91 Å². The topological polar surface area (TPSA) is 69.0 Å². The Morgan fingerprint density at radius 2 is 2.17 bits per heavy atom. The Balaban J connectivity index is 1.95. The Kier molecular flexibility index (Phi) is 5.32. The molecule has 0 aliphatic heterocycles. The molecule has 0 spiro atoms. The van der Waals surface area contributed by atoms with Gasteiger partial charge in [0, 0.05) is 30.7 Å². The summed E-state index contributed by atoms with van der Waals surface area (Å²) in [6.45, 7) is -0.104. The molecular weight excluding hydrogens is 313 g/mol. The number of amides is 1. The van der Waals surface area contributed by atoms with Gasteiger partial charge in [-0.1, -0.05) is 6.07 Å². The predicted octanol–water partition coefficient (Wildman–Crippen LogP) is 1.85. The molecule has 1 atom stereocenters. The van der Waals surface area contributed by atoms with Crippen molar-refractivity contribution >= 4 is 5.91 Å². The normalized spacial score (nSPS) is 12.9. The van der Waals surface area contributed by atoms with Crippen LogP contribution in [-0.2, 0) is 16.1 Å². The molecule has 2 aromatic rings. The lowest BCUT2D eigenvalue weighted by Crippen LogP contribution is -2.36. The molecule has 0 saturated heterocycles. The van der Waals surface area contributed by atoms with Crippen LogP contribution in [0.2, 0.25) is 0 Å². The van der Waals surface area contributed by atoms with Crippen LogP contribution < -0.4 is 5.32 Å². The first-order valence-electron chi connectivity index (χ1n) is 6.77. The van der Waals surface area contributed by atoms with Gasteiger partial charge in [-0.25, -0.2) is 9.67 Å². The van der Waals surface area contributed by atoms with Crippen molar-refractivity contribution in [2.75, 3.05) is 6.61 Å². The number of aromatic nitrogens is 3. The second kappa shape index (κ2) is 7.23. The number of nitrogens with zero attached hydrogens (tertiary/aromatic N) is 3. The predicted molar refractivity (Wildman–Crippen MR) is 74.7 cm³/mol. The molecule has 1 N–H and O–H groups in total. The smallest absolute Gasteiger partial charge is 0.359 e. The first-order chi connectivity index (χ1) is 10.9. The number of carbonyl (C=O) groups excluding carboxylic acids is 1. The lowest BCUT2D eigenvalue weighted by molar-refractivity contribution is -0.185. The van der Waals surface area contributed by atoms with E-state index in [1.165, 1.54) is 11.6 Å². The van der Waals surface area contributed by atoms with E-state index in [1.807, 2.05) is 0 Å². The fourth-order valence-electron chi connectivity index (χ4n) is 1.79. The van der Waals surface area contributed by atoms with Crippen LogP contribution in [0, 0.1) is 0 Å². The van der Waals surface area contributed by atoms with Crippen molar-refractivity contribution in [3.8, 4) is 5.82 Å². The van der Waals surface area contributed by atoms with Crippen LogP contribution in [0.5, 0.6) is 0 Å². The van der Waals surface area contributed by atoms with Crippen molar-refractivity contribution in [1.29, 1.82) is 0 Å². The molecule has 0 aromatic carbocycles. The third kappa shape index (κ3) is 5.06. The number of pyridine rings is 1. The van der Waals surface area contributed by atoms with E-state index in [4.69, 9.17) is 0 Å². The zero-order valence-electron chi connectivity index (χ0n) is 12.2. The maximum absolute atomic E-state index is 12.1. The molecule has 1 amide bonds. The van der Waals surface area contributed by atoms with Gasteiger partial charge < -0.3 is 10.1 Å². The molecule has 2 aromatic heterocycles. The van der Waals surface area contributed by atoms with Crippen LogP contribution in [-0.4, -0.2) is 39.6 Å². The fourth-order valence-corrected chi connectivity index (χ4v) is 1.79. The zero-order chi connectivity index (χ0) is 16.9. The molecule has 23 heavy (non-hydrogen) atoms. The van der Waals surface area contributed by atoms with Gasteiger partial charge in [-0.15, -0.1) is 0 Å². The third-order valence-electron chi connectivity index (χ3n) is 2.91. The molecule has 9 heteroatoms. The van der Waals surface area contributed by atoms with Crippen LogP contribution in [0.3, 0.4) is 0 Å². The molecule has 0 bridgehead atoms. The summed E-state index contributed by atoms with van der Waals surface area (Å²) in [5.41, 5.74) is 0.674. The van der Waals surface area contributed by atoms with Crippen molar-refractivity contribution in [2.45, 2.75) is 25.7 Å². The largest absolute Gasteiger partial charge is 0.411 e. The van der Waals surface area contributed by atoms with Crippen molar-refractivity contribution in [3.05, 3.63) is 42.4 Å². The van der Waals surface area contributed by atoms with Gasteiger partial charge in [0.25, 0.3) is 0 Å². The monoisotopic (exact) mass is 328 g/mol. The van der Waals surface area contributed by atoms with Gasteiger partial charge in [-0.3, -0.25) is 4.79 Å². The van der Waals surface area contributed by atoms with Crippen LogP contribution >= 0.6 is 0 Å². The summed E-state index contributed by atoms with van der Waals surface area (Å²) in [4.78, 5) is 16.0. The number of ether oxygens (including phenoxy) is 1. The number of hydrogen-bond donors (Lipinski definition) is 1. The summed E-state index contributed by atoms with van der Waals surface area (Å²) >= 11 is 0. The maximum atomic E-state index is 12.1. The summed E-state index contributed by atoms with van der Waals surface area (Å²) in [6, 6.07) is 5.16. The molecule has 0 fully saturated rings. The number of halogens is 3. The number of rotatable bonds is 6. The molecule has 0 aliphatic rings.